The van der Waals surface area contributed by atoms with Crippen LogP contribution < -0.4 is 5.32 Å². The Bertz CT molecular complexity index is 567. The SMILES string of the molecule is Cc1nc(/C=C/C(=O)NC2(C(=O)O)CCCCC2C)cs1. The minimum Gasteiger partial charge on any atom is -0.479 e. The van der Waals surface area contributed by atoms with E-state index in [4.69, 9.17) is 0 Å². The first-order valence-corrected chi connectivity index (χ1v) is 7.98. The molecule has 0 aliphatic heterocycles. The van der Waals surface area contributed by atoms with Crippen molar-refractivity contribution in [3.8, 4) is 0 Å². The molecular weight excluding hydrogens is 288 g/mol. The Hall–Kier alpha value is -1.69. The highest BCUT2D eigenvalue weighted by Crippen LogP contribution is 2.34. The van der Waals surface area contributed by atoms with E-state index in [0.717, 1.165) is 24.3 Å². The average molecular weight is 308 g/mol. The molecular formula is C15H20N2O3S. The van der Waals surface area contributed by atoms with Gasteiger partial charge in [0.15, 0.2) is 0 Å². The number of nitrogens with one attached hydrogen (secondary N) is 1. The van der Waals surface area contributed by atoms with Crippen LogP contribution in [-0.2, 0) is 9.59 Å². The Kier molecular flexibility index (Phi) is 4.77. The van der Waals surface area contributed by atoms with Crippen molar-refractivity contribution in [2.75, 3.05) is 0 Å². The van der Waals surface area contributed by atoms with Crippen molar-refractivity contribution in [2.24, 2.45) is 5.92 Å². The van der Waals surface area contributed by atoms with Crippen molar-refractivity contribution in [3.63, 3.8) is 0 Å². The van der Waals surface area contributed by atoms with Crippen LogP contribution in [0.3, 0.4) is 0 Å². The van der Waals surface area contributed by atoms with Crippen molar-refractivity contribution >= 4 is 29.3 Å². The van der Waals surface area contributed by atoms with Crippen molar-refractivity contribution in [1.29, 1.82) is 0 Å². The second-order valence-corrected chi connectivity index (χ2v) is 6.60. The molecule has 1 heterocycles. The van der Waals surface area contributed by atoms with Gasteiger partial charge in [0.1, 0.15) is 5.54 Å². The van der Waals surface area contributed by atoms with E-state index < -0.39 is 11.5 Å². The zero-order valence-electron chi connectivity index (χ0n) is 12.3. The highest BCUT2D eigenvalue weighted by atomic mass is 32.1. The number of nitrogens with zero attached hydrogens (tertiary/aromatic N) is 1. The minimum atomic E-state index is -1.14. The lowest BCUT2D eigenvalue weighted by atomic mass is 9.73. The van der Waals surface area contributed by atoms with Crippen molar-refractivity contribution in [1.82, 2.24) is 10.3 Å². The molecule has 2 N–H and O–H groups in total. The third-order valence-corrected chi connectivity index (χ3v) is 4.86. The van der Waals surface area contributed by atoms with Gasteiger partial charge in [-0.1, -0.05) is 19.8 Å². The molecule has 5 nitrogen and oxygen atoms in total. The Morgan fingerprint density at radius 1 is 1.52 bits per heavy atom. The molecule has 0 saturated heterocycles. The first kappa shape index (κ1) is 15.7. The Morgan fingerprint density at radius 3 is 2.86 bits per heavy atom. The molecule has 1 amide bonds. The standard InChI is InChI=1S/C15H20N2O3S/c1-10-5-3-4-8-15(10,14(19)20)17-13(18)7-6-12-9-21-11(2)16-12/h6-7,9-10H,3-5,8H2,1-2H3,(H,17,18)(H,19,20)/b7-6+. The maximum Gasteiger partial charge on any atom is 0.329 e. The number of aliphatic carboxylic acids is 1. The predicted molar refractivity (Wildman–Crippen MR) is 82.0 cm³/mol. The second kappa shape index (κ2) is 6.39. The number of carbonyl (C=O) groups excluding carboxylic acids is 1. The second-order valence-electron chi connectivity index (χ2n) is 5.54. The van der Waals surface area contributed by atoms with Crippen LogP contribution in [0.5, 0.6) is 0 Å². The fourth-order valence-electron chi connectivity index (χ4n) is 2.78. The number of thiazole rings is 1. The largest absolute Gasteiger partial charge is 0.479 e. The highest BCUT2D eigenvalue weighted by molar-refractivity contribution is 7.09. The van der Waals surface area contributed by atoms with E-state index in [2.05, 4.69) is 10.3 Å². The summed E-state index contributed by atoms with van der Waals surface area (Å²) in [6, 6.07) is 0. The monoisotopic (exact) mass is 308 g/mol. The van der Waals surface area contributed by atoms with Crippen LogP contribution in [0, 0.1) is 12.8 Å². The van der Waals surface area contributed by atoms with Gasteiger partial charge >= 0.3 is 5.97 Å². The van der Waals surface area contributed by atoms with E-state index in [1.807, 2.05) is 19.2 Å². The Balaban J connectivity index is 2.08. The molecule has 2 unspecified atom stereocenters. The molecule has 1 aromatic rings. The van der Waals surface area contributed by atoms with E-state index in [-0.39, 0.29) is 11.8 Å². The first-order valence-electron chi connectivity index (χ1n) is 7.10. The van der Waals surface area contributed by atoms with E-state index in [0.29, 0.717) is 12.1 Å². The van der Waals surface area contributed by atoms with Crippen molar-refractivity contribution < 1.29 is 14.7 Å². The van der Waals surface area contributed by atoms with Crippen LogP contribution in [0.1, 0.15) is 43.3 Å². The number of carbonyl (C=O) groups is 2. The molecule has 1 aliphatic rings. The molecule has 114 valence electrons. The van der Waals surface area contributed by atoms with Crippen molar-refractivity contribution in [2.45, 2.75) is 45.1 Å². The molecule has 0 spiro atoms. The Labute approximate surface area is 128 Å². The summed E-state index contributed by atoms with van der Waals surface area (Å²) in [7, 11) is 0. The van der Waals surface area contributed by atoms with Gasteiger partial charge in [0.25, 0.3) is 0 Å². The van der Waals surface area contributed by atoms with Crippen LogP contribution >= 0.6 is 11.3 Å². The molecule has 0 bridgehead atoms. The van der Waals surface area contributed by atoms with Gasteiger partial charge in [0.05, 0.1) is 10.7 Å². The van der Waals surface area contributed by atoms with E-state index in [9.17, 15) is 14.7 Å². The third kappa shape index (κ3) is 3.50. The van der Waals surface area contributed by atoms with Crippen LogP contribution in [0.4, 0.5) is 0 Å². The zero-order chi connectivity index (χ0) is 15.5. The predicted octanol–water partition coefficient (Wildman–Crippen LogP) is 2.61. The summed E-state index contributed by atoms with van der Waals surface area (Å²) in [5.41, 5.74) is -0.425. The number of aromatic nitrogens is 1. The van der Waals surface area contributed by atoms with E-state index in [1.54, 1.807) is 6.08 Å². The summed E-state index contributed by atoms with van der Waals surface area (Å²) < 4.78 is 0. The van der Waals surface area contributed by atoms with Gasteiger partial charge < -0.3 is 10.4 Å². The number of amides is 1. The van der Waals surface area contributed by atoms with Gasteiger partial charge in [-0.25, -0.2) is 9.78 Å². The topological polar surface area (TPSA) is 79.3 Å². The van der Waals surface area contributed by atoms with Gasteiger partial charge in [-0.05, 0) is 31.8 Å². The molecule has 1 saturated carbocycles. The number of hydrogen-bond donors (Lipinski definition) is 2. The molecule has 21 heavy (non-hydrogen) atoms. The summed E-state index contributed by atoms with van der Waals surface area (Å²) >= 11 is 1.51. The number of carboxylic acids is 1. The molecule has 6 heteroatoms. The molecule has 1 aromatic heterocycles. The third-order valence-electron chi connectivity index (χ3n) is 4.07. The van der Waals surface area contributed by atoms with Crippen LogP contribution in [0.2, 0.25) is 0 Å². The molecule has 2 atom stereocenters. The minimum absolute atomic E-state index is 0.0670. The van der Waals surface area contributed by atoms with Gasteiger partial charge in [0, 0.05) is 11.5 Å². The number of rotatable bonds is 4. The van der Waals surface area contributed by atoms with Gasteiger partial charge in [-0.15, -0.1) is 11.3 Å². The Morgan fingerprint density at radius 2 is 2.29 bits per heavy atom. The maximum absolute atomic E-state index is 12.1. The lowest BCUT2D eigenvalue weighted by molar-refractivity contribution is -0.151. The van der Waals surface area contributed by atoms with Crippen LogP contribution in [0.25, 0.3) is 6.08 Å². The molecule has 0 aromatic carbocycles. The lowest BCUT2D eigenvalue weighted by Crippen LogP contribution is -2.59. The fourth-order valence-corrected chi connectivity index (χ4v) is 3.36. The summed E-state index contributed by atoms with van der Waals surface area (Å²) in [6.07, 6.45) is 6.12. The van der Waals surface area contributed by atoms with Crippen LogP contribution in [0.15, 0.2) is 11.5 Å². The smallest absolute Gasteiger partial charge is 0.329 e. The fraction of sp³-hybridized carbons (Fsp3) is 0.533. The maximum atomic E-state index is 12.1. The normalized spacial score (nSPS) is 25.9. The number of carboxylic acid groups (broad SMARTS) is 1. The van der Waals surface area contributed by atoms with Gasteiger partial charge in [0.2, 0.25) is 5.91 Å². The van der Waals surface area contributed by atoms with Crippen LogP contribution in [-0.4, -0.2) is 27.5 Å². The molecule has 1 fully saturated rings. The summed E-state index contributed by atoms with van der Waals surface area (Å²) in [4.78, 5) is 27.9. The number of hydrogen-bond acceptors (Lipinski definition) is 4. The van der Waals surface area contributed by atoms with E-state index >= 15 is 0 Å². The molecule has 0 radical (unpaired) electrons. The van der Waals surface area contributed by atoms with Gasteiger partial charge in [-0.2, -0.15) is 0 Å². The van der Waals surface area contributed by atoms with E-state index in [1.165, 1.54) is 17.4 Å². The highest BCUT2D eigenvalue weighted by Gasteiger charge is 2.45. The van der Waals surface area contributed by atoms with Crippen molar-refractivity contribution in [3.05, 3.63) is 22.2 Å². The van der Waals surface area contributed by atoms with Gasteiger partial charge in [-0.3, -0.25) is 4.79 Å². The summed E-state index contributed by atoms with van der Waals surface area (Å²) in [6.45, 7) is 3.78. The summed E-state index contributed by atoms with van der Waals surface area (Å²) in [5.74, 6) is -1.39. The zero-order valence-corrected chi connectivity index (χ0v) is 13.1. The lowest BCUT2D eigenvalue weighted by Gasteiger charge is -2.39. The number of aryl methyl sites for hydroxylation is 1. The molecule has 1 aliphatic carbocycles. The first-order chi connectivity index (χ1) is 9.94. The summed E-state index contributed by atoms with van der Waals surface area (Å²) in [5, 5.41) is 15.0. The quantitative estimate of drug-likeness (QED) is 0.838. The average Bonchev–Trinajstić information content (AvgIpc) is 2.85. The molecule has 2 rings (SSSR count).